The van der Waals surface area contributed by atoms with Gasteiger partial charge in [0.25, 0.3) is 0 Å². The predicted octanol–water partition coefficient (Wildman–Crippen LogP) is 2.60. The number of fused-ring (bicyclic) bond motifs is 2. The second-order valence-electron chi connectivity index (χ2n) is 4.87. The second-order valence-corrected chi connectivity index (χ2v) is 4.87. The summed E-state index contributed by atoms with van der Waals surface area (Å²) >= 11 is 0. The van der Waals surface area contributed by atoms with E-state index >= 15 is 0 Å². The molecule has 4 heteroatoms. The summed E-state index contributed by atoms with van der Waals surface area (Å²) < 4.78 is 5.98. The first-order chi connectivity index (χ1) is 9.81. The minimum Gasteiger partial charge on any atom is -0.455 e. The Morgan fingerprint density at radius 3 is 3.10 bits per heavy atom. The highest BCUT2D eigenvalue weighted by Gasteiger charge is 2.24. The van der Waals surface area contributed by atoms with E-state index in [4.69, 9.17) is 10.00 Å². The molecule has 1 aromatic heterocycles. The number of nitriles is 1. The van der Waals surface area contributed by atoms with Gasteiger partial charge in [-0.05, 0) is 37.4 Å². The Balaban J connectivity index is 2.11. The van der Waals surface area contributed by atoms with Crippen molar-refractivity contribution in [3.05, 3.63) is 53.3 Å². The van der Waals surface area contributed by atoms with Gasteiger partial charge in [0.1, 0.15) is 11.5 Å². The molecule has 0 bridgehead atoms. The summed E-state index contributed by atoms with van der Waals surface area (Å²) in [7, 11) is 1.93. The van der Waals surface area contributed by atoms with Gasteiger partial charge in [0, 0.05) is 30.6 Å². The van der Waals surface area contributed by atoms with Crippen molar-refractivity contribution in [1.29, 1.82) is 5.26 Å². The van der Waals surface area contributed by atoms with Crippen molar-refractivity contribution in [2.45, 2.75) is 12.3 Å². The standard InChI is InChI=1S/C16H15N3O/c1-18-10-12-8-14-16(3-2-6-19-14)20-15-5-4-11(9-17)7-13(12)15/h2-7,12,18H,8,10H2,1H3/t12-/m1/s1. The molecule has 1 aliphatic heterocycles. The van der Waals surface area contributed by atoms with Crippen LogP contribution in [0.3, 0.4) is 0 Å². The number of hydrogen-bond acceptors (Lipinski definition) is 4. The van der Waals surface area contributed by atoms with E-state index in [9.17, 15) is 0 Å². The van der Waals surface area contributed by atoms with E-state index < -0.39 is 0 Å². The van der Waals surface area contributed by atoms with Gasteiger partial charge in [-0.25, -0.2) is 0 Å². The minimum atomic E-state index is 0.249. The molecule has 1 atom stereocenters. The molecule has 0 amide bonds. The van der Waals surface area contributed by atoms with Crippen molar-refractivity contribution in [2.75, 3.05) is 13.6 Å². The summed E-state index contributed by atoms with van der Waals surface area (Å²) in [5, 5.41) is 12.3. The zero-order valence-electron chi connectivity index (χ0n) is 11.3. The number of nitrogens with one attached hydrogen (secondary N) is 1. The van der Waals surface area contributed by atoms with Crippen molar-refractivity contribution in [3.8, 4) is 17.6 Å². The molecule has 0 spiro atoms. The Labute approximate surface area is 118 Å². The Hall–Kier alpha value is -2.38. The molecule has 2 heterocycles. The van der Waals surface area contributed by atoms with Crippen LogP contribution in [0.15, 0.2) is 36.5 Å². The maximum atomic E-state index is 9.08. The monoisotopic (exact) mass is 265 g/mol. The number of ether oxygens (including phenoxy) is 1. The van der Waals surface area contributed by atoms with Crippen LogP contribution in [0.1, 0.15) is 22.7 Å². The van der Waals surface area contributed by atoms with Crippen LogP contribution in [0.2, 0.25) is 0 Å². The summed E-state index contributed by atoms with van der Waals surface area (Å²) in [5.74, 6) is 1.87. The van der Waals surface area contributed by atoms with E-state index in [1.807, 2.05) is 31.3 Å². The zero-order valence-corrected chi connectivity index (χ0v) is 11.3. The molecule has 0 aliphatic carbocycles. The fourth-order valence-electron chi connectivity index (χ4n) is 2.59. The lowest BCUT2D eigenvalue weighted by Crippen LogP contribution is -2.19. The van der Waals surface area contributed by atoms with Crippen LogP contribution >= 0.6 is 0 Å². The van der Waals surface area contributed by atoms with Crippen LogP contribution in [0.25, 0.3) is 0 Å². The summed E-state index contributed by atoms with van der Waals surface area (Å²) in [6.07, 6.45) is 2.59. The van der Waals surface area contributed by atoms with Crippen LogP contribution < -0.4 is 10.1 Å². The topological polar surface area (TPSA) is 57.9 Å². The molecule has 0 fully saturated rings. The van der Waals surface area contributed by atoms with Gasteiger partial charge in [0.2, 0.25) is 0 Å². The van der Waals surface area contributed by atoms with Gasteiger partial charge in [-0.1, -0.05) is 0 Å². The largest absolute Gasteiger partial charge is 0.455 e. The number of nitrogens with zero attached hydrogens (tertiary/aromatic N) is 2. The Bertz CT molecular complexity index is 676. The molecule has 0 saturated heterocycles. The highest BCUT2D eigenvalue weighted by Crippen LogP contribution is 2.38. The third-order valence-electron chi connectivity index (χ3n) is 3.54. The van der Waals surface area contributed by atoms with Crippen LogP contribution in [0, 0.1) is 11.3 Å². The van der Waals surface area contributed by atoms with E-state index in [0.29, 0.717) is 5.56 Å². The quantitative estimate of drug-likeness (QED) is 0.906. The fourth-order valence-corrected chi connectivity index (χ4v) is 2.59. The smallest absolute Gasteiger partial charge is 0.148 e. The summed E-state index contributed by atoms with van der Waals surface area (Å²) in [4.78, 5) is 4.42. The van der Waals surface area contributed by atoms with Crippen LogP contribution in [-0.2, 0) is 6.42 Å². The van der Waals surface area contributed by atoms with E-state index in [1.54, 1.807) is 12.3 Å². The number of pyridine rings is 1. The third kappa shape index (κ3) is 2.24. The number of hydrogen-bond donors (Lipinski definition) is 1. The normalized spacial score (nSPS) is 16.3. The maximum absolute atomic E-state index is 9.08. The molecule has 2 aromatic rings. The van der Waals surface area contributed by atoms with Crippen molar-refractivity contribution in [2.24, 2.45) is 0 Å². The van der Waals surface area contributed by atoms with Gasteiger partial charge in [0.05, 0.1) is 17.3 Å². The highest BCUT2D eigenvalue weighted by molar-refractivity contribution is 5.49. The van der Waals surface area contributed by atoms with Gasteiger partial charge in [-0.2, -0.15) is 5.26 Å². The average Bonchev–Trinajstić information content (AvgIpc) is 2.63. The molecule has 1 aromatic carbocycles. The van der Waals surface area contributed by atoms with Crippen molar-refractivity contribution in [3.63, 3.8) is 0 Å². The summed E-state index contributed by atoms with van der Waals surface area (Å²) in [6.45, 7) is 0.821. The van der Waals surface area contributed by atoms with Gasteiger partial charge in [0.15, 0.2) is 0 Å². The lowest BCUT2D eigenvalue weighted by molar-refractivity contribution is 0.475. The first kappa shape index (κ1) is 12.6. The highest BCUT2D eigenvalue weighted by atomic mass is 16.5. The summed E-state index contributed by atoms with van der Waals surface area (Å²) in [5.41, 5.74) is 2.69. The van der Waals surface area contributed by atoms with Crippen LogP contribution in [0.5, 0.6) is 11.5 Å². The van der Waals surface area contributed by atoms with Crippen molar-refractivity contribution >= 4 is 0 Å². The van der Waals surface area contributed by atoms with E-state index in [0.717, 1.165) is 35.7 Å². The number of aromatic nitrogens is 1. The number of rotatable bonds is 2. The van der Waals surface area contributed by atoms with Gasteiger partial charge >= 0.3 is 0 Å². The van der Waals surface area contributed by atoms with Crippen LogP contribution in [-0.4, -0.2) is 18.6 Å². The molecule has 1 aliphatic rings. The number of benzene rings is 1. The molecule has 0 unspecified atom stereocenters. The third-order valence-corrected chi connectivity index (χ3v) is 3.54. The predicted molar refractivity (Wildman–Crippen MR) is 75.8 cm³/mol. The molecule has 3 rings (SSSR count). The molecule has 4 nitrogen and oxygen atoms in total. The van der Waals surface area contributed by atoms with E-state index in [1.165, 1.54) is 0 Å². The first-order valence-electron chi connectivity index (χ1n) is 6.62. The Morgan fingerprint density at radius 1 is 1.40 bits per heavy atom. The maximum Gasteiger partial charge on any atom is 0.148 e. The average molecular weight is 265 g/mol. The van der Waals surface area contributed by atoms with E-state index in [-0.39, 0.29) is 5.92 Å². The van der Waals surface area contributed by atoms with E-state index in [2.05, 4.69) is 16.4 Å². The van der Waals surface area contributed by atoms with Gasteiger partial charge < -0.3 is 10.1 Å². The van der Waals surface area contributed by atoms with Crippen molar-refractivity contribution in [1.82, 2.24) is 10.3 Å². The summed E-state index contributed by atoms with van der Waals surface area (Å²) in [6, 6.07) is 11.6. The molecular formula is C16H15N3O. The molecule has 0 radical (unpaired) electrons. The Kier molecular flexibility index (Phi) is 3.36. The van der Waals surface area contributed by atoms with Gasteiger partial charge in [-0.15, -0.1) is 0 Å². The molecule has 0 saturated carbocycles. The van der Waals surface area contributed by atoms with Crippen molar-refractivity contribution < 1.29 is 4.74 Å². The lowest BCUT2D eigenvalue weighted by atomic mass is 9.92. The molecular weight excluding hydrogens is 250 g/mol. The molecule has 1 N–H and O–H groups in total. The van der Waals surface area contributed by atoms with Gasteiger partial charge in [-0.3, -0.25) is 4.98 Å². The molecule has 20 heavy (non-hydrogen) atoms. The lowest BCUT2D eigenvalue weighted by Gasteiger charge is -2.16. The van der Waals surface area contributed by atoms with Crippen LogP contribution in [0.4, 0.5) is 0 Å². The minimum absolute atomic E-state index is 0.249. The number of likely N-dealkylation sites (N-methyl/N-ethyl adjacent to an activating group) is 1. The SMILES string of the molecule is CNC[C@H]1Cc2ncccc2Oc2ccc(C#N)cc21. The molecule has 100 valence electrons. The first-order valence-corrected chi connectivity index (χ1v) is 6.62. The Morgan fingerprint density at radius 2 is 2.30 bits per heavy atom. The zero-order chi connectivity index (χ0) is 13.9. The second kappa shape index (κ2) is 5.32. The fraction of sp³-hybridized carbons (Fsp3) is 0.250.